The van der Waals surface area contributed by atoms with Crippen molar-refractivity contribution in [3.05, 3.63) is 29.8 Å². The van der Waals surface area contributed by atoms with E-state index in [4.69, 9.17) is 10.9 Å². The van der Waals surface area contributed by atoms with Gasteiger partial charge < -0.3 is 16.3 Å². The number of rotatable bonds is 5. The molecule has 4 N–H and O–H groups in total. The molecule has 94 valence electrons. The predicted octanol–water partition coefficient (Wildman–Crippen LogP) is 2.75. The van der Waals surface area contributed by atoms with Crippen molar-refractivity contribution in [1.29, 1.82) is 0 Å². The highest BCUT2D eigenvalue weighted by Gasteiger charge is 2.06. The van der Waals surface area contributed by atoms with Crippen LogP contribution in [0.1, 0.15) is 38.7 Å². The van der Waals surface area contributed by atoms with Gasteiger partial charge in [0.1, 0.15) is 5.84 Å². The monoisotopic (exact) mass is 235 g/mol. The summed E-state index contributed by atoms with van der Waals surface area (Å²) in [5.41, 5.74) is 7.83. The molecule has 1 atom stereocenters. The lowest BCUT2D eigenvalue weighted by Crippen LogP contribution is -2.24. The molecule has 0 aromatic heterocycles. The van der Waals surface area contributed by atoms with E-state index in [0.29, 0.717) is 12.3 Å². The largest absolute Gasteiger partial charge is 0.409 e. The SMILES string of the molecule is CC(CC(N)=NO)Nc1cccc(C(C)C)c1. The second-order valence-electron chi connectivity index (χ2n) is 4.62. The smallest absolute Gasteiger partial charge is 0.141 e. The maximum absolute atomic E-state index is 8.50. The van der Waals surface area contributed by atoms with Gasteiger partial charge in [-0.2, -0.15) is 0 Å². The minimum Gasteiger partial charge on any atom is -0.409 e. The van der Waals surface area contributed by atoms with Crippen LogP contribution < -0.4 is 11.1 Å². The molecule has 1 aromatic carbocycles. The average Bonchev–Trinajstić information content (AvgIpc) is 2.28. The van der Waals surface area contributed by atoms with Crippen molar-refractivity contribution in [1.82, 2.24) is 0 Å². The van der Waals surface area contributed by atoms with Crippen molar-refractivity contribution in [2.45, 2.75) is 39.2 Å². The van der Waals surface area contributed by atoms with Crippen molar-refractivity contribution in [2.75, 3.05) is 5.32 Å². The Morgan fingerprint density at radius 3 is 2.71 bits per heavy atom. The number of amidine groups is 1. The van der Waals surface area contributed by atoms with E-state index in [2.05, 4.69) is 36.5 Å². The Morgan fingerprint density at radius 2 is 2.12 bits per heavy atom. The summed E-state index contributed by atoms with van der Waals surface area (Å²) in [6.07, 6.45) is 0.516. The van der Waals surface area contributed by atoms with Crippen LogP contribution in [0.25, 0.3) is 0 Å². The Morgan fingerprint density at radius 1 is 1.41 bits per heavy atom. The standard InChI is InChI=1S/C13H21N3O/c1-9(2)11-5-4-6-12(8-11)15-10(3)7-13(14)16-17/h4-6,8-10,15,17H,7H2,1-3H3,(H2,14,16). The summed E-state index contributed by atoms with van der Waals surface area (Å²) in [5.74, 6) is 0.751. The number of benzene rings is 1. The molecule has 0 saturated carbocycles. The lowest BCUT2D eigenvalue weighted by molar-refractivity contribution is 0.316. The fourth-order valence-electron chi connectivity index (χ4n) is 1.68. The summed E-state index contributed by atoms with van der Waals surface area (Å²) in [6, 6.07) is 8.44. The van der Waals surface area contributed by atoms with Gasteiger partial charge in [0.25, 0.3) is 0 Å². The first-order valence-corrected chi connectivity index (χ1v) is 5.85. The van der Waals surface area contributed by atoms with Crippen LogP contribution in [0.3, 0.4) is 0 Å². The van der Waals surface area contributed by atoms with E-state index in [1.165, 1.54) is 5.56 Å². The molecular formula is C13H21N3O. The van der Waals surface area contributed by atoms with Gasteiger partial charge in [0, 0.05) is 18.2 Å². The molecule has 0 saturated heterocycles. The molecule has 4 nitrogen and oxygen atoms in total. The lowest BCUT2D eigenvalue weighted by Gasteiger charge is -2.16. The maximum atomic E-state index is 8.50. The molecule has 1 aromatic rings. The van der Waals surface area contributed by atoms with Gasteiger partial charge in [0.2, 0.25) is 0 Å². The van der Waals surface area contributed by atoms with Gasteiger partial charge in [-0.3, -0.25) is 0 Å². The Hall–Kier alpha value is -1.71. The molecule has 0 amide bonds. The second-order valence-corrected chi connectivity index (χ2v) is 4.62. The van der Waals surface area contributed by atoms with Gasteiger partial charge in [0.05, 0.1) is 0 Å². The maximum Gasteiger partial charge on any atom is 0.141 e. The molecule has 0 aliphatic carbocycles. The van der Waals surface area contributed by atoms with Crippen LogP contribution >= 0.6 is 0 Å². The Bertz CT molecular complexity index is 388. The van der Waals surface area contributed by atoms with Crippen LogP contribution in [-0.4, -0.2) is 17.1 Å². The van der Waals surface area contributed by atoms with Crippen LogP contribution in [0.5, 0.6) is 0 Å². The highest BCUT2D eigenvalue weighted by Crippen LogP contribution is 2.19. The van der Waals surface area contributed by atoms with E-state index in [1.54, 1.807) is 0 Å². The van der Waals surface area contributed by atoms with Gasteiger partial charge in [-0.1, -0.05) is 31.1 Å². The minimum atomic E-state index is 0.133. The number of nitrogens with two attached hydrogens (primary N) is 1. The quantitative estimate of drug-likeness (QED) is 0.318. The third-order valence-corrected chi connectivity index (χ3v) is 2.61. The van der Waals surface area contributed by atoms with Crippen LogP contribution in [-0.2, 0) is 0 Å². The summed E-state index contributed by atoms with van der Waals surface area (Å²) < 4.78 is 0. The molecule has 0 radical (unpaired) electrons. The van der Waals surface area contributed by atoms with Crippen molar-refractivity contribution < 1.29 is 5.21 Å². The third kappa shape index (κ3) is 4.34. The van der Waals surface area contributed by atoms with Gasteiger partial charge in [0.15, 0.2) is 0 Å². The lowest BCUT2D eigenvalue weighted by atomic mass is 10.0. The Labute approximate surface area is 103 Å². The molecule has 17 heavy (non-hydrogen) atoms. The van der Waals surface area contributed by atoms with Gasteiger partial charge in [-0.05, 0) is 30.5 Å². The van der Waals surface area contributed by atoms with Crippen LogP contribution in [0, 0.1) is 0 Å². The summed E-state index contributed by atoms with van der Waals surface area (Å²) in [5, 5.41) is 14.8. The van der Waals surface area contributed by atoms with Gasteiger partial charge in [-0.15, -0.1) is 0 Å². The van der Waals surface area contributed by atoms with E-state index in [9.17, 15) is 0 Å². The molecule has 0 heterocycles. The summed E-state index contributed by atoms with van der Waals surface area (Å²) >= 11 is 0. The van der Waals surface area contributed by atoms with E-state index >= 15 is 0 Å². The molecule has 0 aliphatic heterocycles. The third-order valence-electron chi connectivity index (χ3n) is 2.61. The number of hydrogen-bond donors (Lipinski definition) is 3. The van der Waals surface area contributed by atoms with E-state index < -0.39 is 0 Å². The van der Waals surface area contributed by atoms with Crippen molar-refractivity contribution in [3.63, 3.8) is 0 Å². The second kappa shape index (κ2) is 6.13. The van der Waals surface area contributed by atoms with E-state index in [-0.39, 0.29) is 11.9 Å². The van der Waals surface area contributed by atoms with E-state index in [0.717, 1.165) is 5.69 Å². The Balaban J connectivity index is 2.65. The summed E-state index contributed by atoms with van der Waals surface area (Å²) in [4.78, 5) is 0. The minimum absolute atomic E-state index is 0.133. The van der Waals surface area contributed by atoms with Crippen molar-refractivity contribution in [3.8, 4) is 0 Å². The normalized spacial score (nSPS) is 13.8. The first-order chi connectivity index (χ1) is 8.02. The van der Waals surface area contributed by atoms with Gasteiger partial charge >= 0.3 is 0 Å². The first kappa shape index (κ1) is 13.4. The predicted molar refractivity (Wildman–Crippen MR) is 71.6 cm³/mol. The molecule has 4 heteroatoms. The number of hydrogen-bond acceptors (Lipinski definition) is 3. The molecule has 0 aliphatic rings. The number of nitrogens with one attached hydrogen (secondary N) is 1. The highest BCUT2D eigenvalue weighted by molar-refractivity contribution is 5.80. The average molecular weight is 235 g/mol. The molecular weight excluding hydrogens is 214 g/mol. The van der Waals surface area contributed by atoms with E-state index in [1.807, 2.05) is 19.1 Å². The summed E-state index contributed by atoms with van der Waals surface area (Å²) in [6.45, 7) is 6.33. The fraction of sp³-hybridized carbons (Fsp3) is 0.462. The van der Waals surface area contributed by atoms with Crippen LogP contribution in [0.15, 0.2) is 29.4 Å². The number of oxime groups is 1. The van der Waals surface area contributed by atoms with Crippen LogP contribution in [0.4, 0.5) is 5.69 Å². The first-order valence-electron chi connectivity index (χ1n) is 5.85. The molecule has 1 unspecified atom stereocenters. The zero-order valence-electron chi connectivity index (χ0n) is 10.6. The summed E-state index contributed by atoms with van der Waals surface area (Å²) in [7, 11) is 0. The van der Waals surface area contributed by atoms with Crippen molar-refractivity contribution in [2.24, 2.45) is 10.9 Å². The topological polar surface area (TPSA) is 70.6 Å². The van der Waals surface area contributed by atoms with Crippen molar-refractivity contribution >= 4 is 11.5 Å². The fourth-order valence-corrected chi connectivity index (χ4v) is 1.68. The zero-order valence-corrected chi connectivity index (χ0v) is 10.6. The Kier molecular flexibility index (Phi) is 4.82. The zero-order chi connectivity index (χ0) is 12.8. The number of anilines is 1. The number of nitrogens with zero attached hydrogens (tertiary/aromatic N) is 1. The van der Waals surface area contributed by atoms with Gasteiger partial charge in [-0.25, -0.2) is 0 Å². The molecule has 0 bridgehead atoms. The highest BCUT2D eigenvalue weighted by atomic mass is 16.4. The molecule has 0 fully saturated rings. The molecule has 1 rings (SSSR count). The molecule has 0 spiro atoms. The van der Waals surface area contributed by atoms with Crippen LogP contribution in [0.2, 0.25) is 0 Å².